The Kier molecular flexibility index (Phi) is 4.32. The van der Waals surface area contributed by atoms with Gasteiger partial charge in [0.15, 0.2) is 5.43 Å². The molecule has 2 aromatic rings. The quantitative estimate of drug-likeness (QED) is 0.795. The van der Waals surface area contributed by atoms with Crippen LogP contribution in [0.5, 0.6) is 0 Å². The Labute approximate surface area is 117 Å². The Morgan fingerprint density at radius 2 is 1.90 bits per heavy atom. The maximum Gasteiger partial charge on any atom is 0.261 e. The molecule has 5 heteroatoms. The molecule has 0 bridgehead atoms. The van der Waals surface area contributed by atoms with Gasteiger partial charge in [-0.05, 0) is 31.7 Å². The van der Waals surface area contributed by atoms with Gasteiger partial charge in [-0.25, -0.2) is 0 Å². The number of aromatic amines is 1. The van der Waals surface area contributed by atoms with Crippen molar-refractivity contribution in [1.82, 2.24) is 10.3 Å². The van der Waals surface area contributed by atoms with Crippen LogP contribution in [0.25, 0.3) is 0 Å². The first-order valence-corrected chi connectivity index (χ1v) is 6.37. The Balaban J connectivity index is 2.13. The molecule has 2 rings (SSSR count). The molecule has 0 aliphatic carbocycles. The lowest BCUT2D eigenvalue weighted by molar-refractivity contribution is 0.102. The molecule has 1 amide bonds. The molecule has 0 aliphatic rings. The van der Waals surface area contributed by atoms with Gasteiger partial charge in [0, 0.05) is 30.2 Å². The molecule has 0 aliphatic heterocycles. The van der Waals surface area contributed by atoms with Gasteiger partial charge in [0.25, 0.3) is 5.91 Å². The molecule has 0 saturated heterocycles. The van der Waals surface area contributed by atoms with E-state index in [1.165, 1.54) is 18.5 Å². The molecule has 1 aromatic heterocycles. The standard InChI is InChI=1S/C15H17N3O2/c1-10(16-2)11-3-5-12(6-4-11)18-15(20)13-9-17-8-7-14(13)19/h3-10,16H,1-2H3,(H,17,19)(H,18,20). The van der Waals surface area contributed by atoms with Crippen LogP contribution < -0.4 is 16.1 Å². The van der Waals surface area contributed by atoms with Gasteiger partial charge in [-0.15, -0.1) is 0 Å². The molecular weight excluding hydrogens is 254 g/mol. The van der Waals surface area contributed by atoms with Crippen LogP contribution in [-0.2, 0) is 0 Å². The molecule has 0 radical (unpaired) electrons. The third kappa shape index (κ3) is 3.13. The molecule has 1 aromatic carbocycles. The van der Waals surface area contributed by atoms with Crippen molar-refractivity contribution in [3.63, 3.8) is 0 Å². The molecule has 1 heterocycles. The second-order valence-corrected chi connectivity index (χ2v) is 4.51. The zero-order chi connectivity index (χ0) is 14.5. The van der Waals surface area contributed by atoms with Crippen LogP contribution in [0.2, 0.25) is 0 Å². The maximum atomic E-state index is 12.0. The van der Waals surface area contributed by atoms with Crippen molar-refractivity contribution in [3.8, 4) is 0 Å². The average Bonchev–Trinajstić information content (AvgIpc) is 2.47. The number of carbonyl (C=O) groups is 1. The first kappa shape index (κ1) is 14.0. The lowest BCUT2D eigenvalue weighted by Crippen LogP contribution is -2.20. The molecule has 3 N–H and O–H groups in total. The summed E-state index contributed by atoms with van der Waals surface area (Å²) in [6.07, 6.45) is 2.89. The minimum atomic E-state index is -0.415. The van der Waals surface area contributed by atoms with Gasteiger partial charge < -0.3 is 15.6 Å². The van der Waals surface area contributed by atoms with Crippen molar-refractivity contribution in [2.24, 2.45) is 0 Å². The number of pyridine rings is 1. The van der Waals surface area contributed by atoms with E-state index in [1.807, 2.05) is 31.3 Å². The van der Waals surface area contributed by atoms with Gasteiger partial charge in [-0.1, -0.05) is 12.1 Å². The van der Waals surface area contributed by atoms with E-state index in [1.54, 1.807) is 0 Å². The third-order valence-corrected chi connectivity index (χ3v) is 3.17. The van der Waals surface area contributed by atoms with Crippen LogP contribution in [0, 0.1) is 0 Å². The number of hydrogen-bond acceptors (Lipinski definition) is 3. The van der Waals surface area contributed by atoms with E-state index in [-0.39, 0.29) is 17.0 Å². The zero-order valence-electron chi connectivity index (χ0n) is 11.4. The Bertz CT molecular complexity index is 647. The fourth-order valence-electron chi connectivity index (χ4n) is 1.81. The number of aromatic nitrogens is 1. The molecule has 1 unspecified atom stereocenters. The first-order valence-electron chi connectivity index (χ1n) is 6.37. The molecular formula is C15H17N3O2. The normalized spacial score (nSPS) is 11.9. The molecule has 1 atom stereocenters. The van der Waals surface area contributed by atoms with E-state index in [2.05, 4.69) is 22.5 Å². The number of rotatable bonds is 4. The lowest BCUT2D eigenvalue weighted by Gasteiger charge is -2.11. The maximum absolute atomic E-state index is 12.0. The fourth-order valence-corrected chi connectivity index (χ4v) is 1.81. The van der Waals surface area contributed by atoms with Gasteiger partial charge in [-0.2, -0.15) is 0 Å². The number of nitrogens with one attached hydrogen (secondary N) is 3. The summed E-state index contributed by atoms with van der Waals surface area (Å²) >= 11 is 0. The van der Waals surface area contributed by atoms with E-state index in [0.717, 1.165) is 5.56 Å². The number of benzene rings is 1. The highest BCUT2D eigenvalue weighted by Gasteiger charge is 2.10. The molecule has 0 saturated carbocycles. The van der Waals surface area contributed by atoms with Crippen molar-refractivity contribution in [1.29, 1.82) is 0 Å². The van der Waals surface area contributed by atoms with Crippen LogP contribution >= 0.6 is 0 Å². The summed E-state index contributed by atoms with van der Waals surface area (Å²) < 4.78 is 0. The van der Waals surface area contributed by atoms with Crippen molar-refractivity contribution < 1.29 is 4.79 Å². The molecule has 0 spiro atoms. The lowest BCUT2D eigenvalue weighted by atomic mass is 10.1. The minimum absolute atomic E-state index is 0.0974. The molecule has 20 heavy (non-hydrogen) atoms. The van der Waals surface area contributed by atoms with Gasteiger partial charge >= 0.3 is 0 Å². The van der Waals surface area contributed by atoms with E-state index >= 15 is 0 Å². The predicted molar refractivity (Wildman–Crippen MR) is 78.9 cm³/mol. The Morgan fingerprint density at radius 3 is 2.50 bits per heavy atom. The molecule has 5 nitrogen and oxygen atoms in total. The number of H-pyrrole nitrogens is 1. The van der Waals surface area contributed by atoms with Gasteiger partial charge in [0.05, 0.1) is 0 Å². The Morgan fingerprint density at radius 1 is 1.20 bits per heavy atom. The highest BCUT2D eigenvalue weighted by Crippen LogP contribution is 2.15. The topological polar surface area (TPSA) is 74.0 Å². The monoisotopic (exact) mass is 271 g/mol. The smallest absolute Gasteiger partial charge is 0.261 e. The summed E-state index contributed by atoms with van der Waals surface area (Å²) in [4.78, 5) is 26.2. The van der Waals surface area contributed by atoms with Gasteiger partial charge in [0.1, 0.15) is 5.56 Å². The summed E-state index contributed by atoms with van der Waals surface area (Å²) in [5.41, 5.74) is 1.58. The molecule has 104 valence electrons. The van der Waals surface area contributed by atoms with Crippen molar-refractivity contribution in [2.75, 3.05) is 12.4 Å². The summed E-state index contributed by atoms with van der Waals surface area (Å²) in [6, 6.07) is 9.08. The summed E-state index contributed by atoms with van der Waals surface area (Å²) in [7, 11) is 1.89. The van der Waals surface area contributed by atoms with Crippen LogP contribution in [-0.4, -0.2) is 17.9 Å². The first-order chi connectivity index (χ1) is 9.61. The van der Waals surface area contributed by atoms with Crippen LogP contribution in [0.4, 0.5) is 5.69 Å². The zero-order valence-corrected chi connectivity index (χ0v) is 11.4. The van der Waals surface area contributed by atoms with Gasteiger partial charge in [0.2, 0.25) is 0 Å². The van der Waals surface area contributed by atoms with E-state index in [0.29, 0.717) is 5.69 Å². The third-order valence-electron chi connectivity index (χ3n) is 3.17. The van der Waals surface area contributed by atoms with Crippen LogP contribution in [0.15, 0.2) is 47.5 Å². The van der Waals surface area contributed by atoms with Crippen LogP contribution in [0.1, 0.15) is 28.9 Å². The number of amides is 1. The SMILES string of the molecule is CNC(C)c1ccc(NC(=O)c2c[nH]ccc2=O)cc1. The molecule has 0 fully saturated rings. The van der Waals surface area contributed by atoms with Crippen molar-refractivity contribution in [3.05, 3.63) is 64.1 Å². The van der Waals surface area contributed by atoms with Crippen molar-refractivity contribution in [2.45, 2.75) is 13.0 Å². The van der Waals surface area contributed by atoms with Gasteiger partial charge in [-0.3, -0.25) is 9.59 Å². The summed E-state index contributed by atoms with van der Waals surface area (Å²) in [5.74, 6) is -0.415. The second-order valence-electron chi connectivity index (χ2n) is 4.51. The van der Waals surface area contributed by atoms with Crippen molar-refractivity contribution >= 4 is 11.6 Å². The van der Waals surface area contributed by atoms with E-state index < -0.39 is 5.91 Å². The minimum Gasteiger partial charge on any atom is -0.367 e. The Hall–Kier alpha value is -2.40. The number of hydrogen-bond donors (Lipinski definition) is 3. The fraction of sp³-hybridized carbons (Fsp3) is 0.200. The van der Waals surface area contributed by atoms with Crippen LogP contribution in [0.3, 0.4) is 0 Å². The second kappa shape index (κ2) is 6.16. The number of anilines is 1. The largest absolute Gasteiger partial charge is 0.367 e. The summed E-state index contributed by atoms with van der Waals surface area (Å²) in [5, 5.41) is 5.85. The summed E-state index contributed by atoms with van der Waals surface area (Å²) in [6.45, 7) is 2.05. The average molecular weight is 271 g/mol. The van der Waals surface area contributed by atoms with E-state index in [9.17, 15) is 9.59 Å². The number of carbonyl (C=O) groups excluding carboxylic acids is 1. The van der Waals surface area contributed by atoms with E-state index in [4.69, 9.17) is 0 Å². The highest BCUT2D eigenvalue weighted by molar-refractivity contribution is 6.03. The highest BCUT2D eigenvalue weighted by atomic mass is 16.2. The predicted octanol–water partition coefficient (Wildman–Crippen LogP) is 1.91.